The molecule has 196 valence electrons. The Bertz CT molecular complexity index is 1310. The van der Waals surface area contributed by atoms with Gasteiger partial charge in [0.15, 0.2) is 0 Å². The Morgan fingerprint density at radius 1 is 1.35 bits per heavy atom. The smallest absolute Gasteiger partial charge is 0.0583 e. The predicted octanol–water partition coefficient (Wildman–Crippen LogP) is 3.77. The first kappa shape index (κ1) is 27.7. The van der Waals surface area contributed by atoms with Crippen LogP contribution in [0.5, 0.6) is 5.75 Å². The zero-order valence-electron chi connectivity index (χ0n) is 21.8. The quantitative estimate of drug-likeness (QED) is 0.239. The third-order valence-electron chi connectivity index (χ3n) is 7.24. The first-order valence-electron chi connectivity index (χ1n) is 12.8. The number of carbonyl (C=O) groups is 1. The van der Waals surface area contributed by atoms with Crippen molar-refractivity contribution in [2.45, 2.75) is 77.9 Å². The molecule has 0 radical (unpaired) electrons. The number of benzene rings is 1. The fourth-order valence-corrected chi connectivity index (χ4v) is 5.88. The van der Waals surface area contributed by atoms with Gasteiger partial charge in [-0.1, -0.05) is 19.1 Å². The molecular weight excluding hydrogens is 641 g/mol. The average Bonchev–Trinajstić information content (AvgIpc) is 3.18. The average molecular weight is 674 g/mol. The van der Waals surface area contributed by atoms with E-state index < -0.39 is 18.5 Å². The fourth-order valence-electron chi connectivity index (χ4n) is 5.20. The molecule has 37 heavy (non-hydrogen) atoms. The van der Waals surface area contributed by atoms with Crippen LogP contribution in [0.15, 0.2) is 29.2 Å². The molecule has 0 saturated heterocycles. The first-order chi connectivity index (χ1) is 17.6. The van der Waals surface area contributed by atoms with Gasteiger partial charge in [0.25, 0.3) is 0 Å². The van der Waals surface area contributed by atoms with Crippen LogP contribution in [0, 0.1) is 6.08 Å². The van der Waals surface area contributed by atoms with Crippen molar-refractivity contribution in [3.63, 3.8) is 0 Å². The monoisotopic (exact) mass is 674 g/mol. The molecule has 0 unspecified atom stereocenters. The van der Waals surface area contributed by atoms with E-state index in [9.17, 15) is 19.7 Å². The van der Waals surface area contributed by atoms with Crippen molar-refractivity contribution in [3.05, 3.63) is 63.1 Å². The van der Waals surface area contributed by atoms with E-state index in [1.54, 1.807) is 0 Å². The van der Waals surface area contributed by atoms with Crippen molar-refractivity contribution in [1.29, 1.82) is 0 Å². The van der Waals surface area contributed by atoms with E-state index in [1.165, 1.54) is 6.20 Å². The topological polar surface area (TPSA) is 98.0 Å². The second-order valence-electron chi connectivity index (χ2n) is 10.2. The summed E-state index contributed by atoms with van der Waals surface area (Å²) in [7, 11) is -0.954. The van der Waals surface area contributed by atoms with Crippen LogP contribution in [0.4, 0.5) is 0 Å². The summed E-state index contributed by atoms with van der Waals surface area (Å²) in [6.45, 7) is 8.58. The van der Waals surface area contributed by atoms with Gasteiger partial charge in [-0.05, 0) is 12.0 Å². The number of aromatic nitrogens is 1. The molecule has 1 atom stereocenters. The molecule has 1 aromatic carbocycles. The number of ether oxygens (including phenoxy) is 1. The van der Waals surface area contributed by atoms with E-state index in [4.69, 9.17) is 9.39 Å². The zero-order chi connectivity index (χ0) is 26.9. The van der Waals surface area contributed by atoms with Crippen LogP contribution in [0.1, 0.15) is 99.5 Å². The summed E-state index contributed by atoms with van der Waals surface area (Å²) >= 11 is 1.14. The number of allylic oxidation sites excluding steroid dienone is 2. The van der Waals surface area contributed by atoms with Gasteiger partial charge in [-0.25, -0.2) is 0 Å². The normalized spacial score (nSPS) is 19.0. The number of carboxylic acid groups (broad SMARTS) is 1. The van der Waals surface area contributed by atoms with E-state index in [-0.39, 0.29) is 17.2 Å². The SMILES string of the molecule is CC[C@H]1OB(O)c2c(OCCCC[C-]=C3CCC(C)(C)n4cc(C(=O)O)c(=O)c([C](C)=[W])c43)cccc21. The predicted molar refractivity (Wildman–Crippen MR) is 140 cm³/mol. The van der Waals surface area contributed by atoms with E-state index in [0.29, 0.717) is 24.3 Å². The van der Waals surface area contributed by atoms with Gasteiger partial charge in [0.2, 0.25) is 0 Å². The van der Waals surface area contributed by atoms with E-state index in [1.807, 2.05) is 36.6 Å². The number of carboxylic acids is 1. The van der Waals surface area contributed by atoms with Gasteiger partial charge in [-0.15, -0.1) is 0 Å². The van der Waals surface area contributed by atoms with Crippen LogP contribution in [0.25, 0.3) is 5.57 Å². The van der Waals surface area contributed by atoms with E-state index >= 15 is 0 Å². The molecule has 2 aromatic rings. The molecule has 0 spiro atoms. The summed E-state index contributed by atoms with van der Waals surface area (Å²) in [5, 5.41) is 20.0. The molecule has 0 bridgehead atoms. The van der Waals surface area contributed by atoms with Gasteiger partial charge >= 0.3 is 183 Å². The molecule has 2 aliphatic rings. The summed E-state index contributed by atoms with van der Waals surface area (Å²) in [4.78, 5) is 24.9. The van der Waals surface area contributed by atoms with Crippen molar-refractivity contribution < 1.29 is 43.7 Å². The maximum atomic E-state index is 13.1. The minimum Gasteiger partial charge on any atom is -0.0583 e. The van der Waals surface area contributed by atoms with Crippen LogP contribution >= 0.6 is 0 Å². The molecule has 3 heterocycles. The Balaban J connectivity index is 1.47. The molecule has 7 nitrogen and oxygen atoms in total. The van der Waals surface area contributed by atoms with Crippen LogP contribution in [-0.4, -0.2) is 38.3 Å². The van der Waals surface area contributed by atoms with E-state index in [2.05, 4.69) is 19.9 Å². The van der Waals surface area contributed by atoms with Gasteiger partial charge < -0.3 is 9.68 Å². The summed E-state index contributed by atoms with van der Waals surface area (Å²) in [6.07, 6.45) is 9.73. The summed E-state index contributed by atoms with van der Waals surface area (Å²) in [6, 6.07) is 5.78. The summed E-state index contributed by atoms with van der Waals surface area (Å²) in [5.74, 6) is -0.525. The number of pyridine rings is 1. The molecule has 1 aromatic heterocycles. The maximum absolute atomic E-state index is 13.1. The number of rotatable bonds is 9. The van der Waals surface area contributed by atoms with Crippen LogP contribution in [-0.2, 0) is 29.5 Å². The van der Waals surface area contributed by atoms with Crippen molar-refractivity contribution >= 4 is 28.0 Å². The van der Waals surface area contributed by atoms with Crippen molar-refractivity contribution in [2.24, 2.45) is 0 Å². The Hall–Kier alpha value is -2.28. The van der Waals surface area contributed by atoms with Crippen LogP contribution < -0.4 is 15.6 Å². The van der Waals surface area contributed by atoms with Gasteiger partial charge in [0.1, 0.15) is 0 Å². The van der Waals surface area contributed by atoms with E-state index in [0.717, 1.165) is 77.6 Å². The molecule has 0 amide bonds. The second-order valence-corrected chi connectivity index (χ2v) is 12.4. The number of fused-ring (bicyclic) bond motifs is 2. The van der Waals surface area contributed by atoms with Crippen LogP contribution in [0.2, 0.25) is 0 Å². The molecular formula is C28H33BNO6W-. The molecule has 9 heteroatoms. The first-order valence-corrected chi connectivity index (χ1v) is 14.3. The van der Waals surface area contributed by atoms with Gasteiger partial charge in [-0.2, -0.15) is 0 Å². The standard InChI is InChI=1S/C28H33BNO6.W/c1-5-19-25-18(14-15-28(3,4)30(25)17-21(26(19)31)27(32)33)11-8-7-9-16-35-23-13-10-12-20-22(6-2)36-29(34)24(20)23;/h10,12-13,17,22,34H,6-9,14-16H2,1-4H3,(H,32,33);/q-1;/t22-;/m1./s1. The minimum absolute atomic E-state index is 0.104. The van der Waals surface area contributed by atoms with Crippen LogP contribution in [0.3, 0.4) is 0 Å². The minimum atomic E-state index is -1.19. The van der Waals surface area contributed by atoms with Gasteiger partial charge in [0, 0.05) is 0 Å². The van der Waals surface area contributed by atoms with Crippen molar-refractivity contribution in [2.75, 3.05) is 6.61 Å². The molecule has 0 saturated carbocycles. The van der Waals surface area contributed by atoms with Gasteiger partial charge in [-0.3, -0.25) is 0 Å². The third-order valence-corrected chi connectivity index (χ3v) is 7.97. The number of hydrogen-bond acceptors (Lipinski definition) is 5. The molecule has 2 aliphatic heterocycles. The Morgan fingerprint density at radius 3 is 2.78 bits per heavy atom. The number of nitrogens with zero attached hydrogens (tertiary/aromatic N) is 1. The Morgan fingerprint density at radius 2 is 2.11 bits per heavy atom. The third kappa shape index (κ3) is 5.48. The number of hydrogen-bond donors (Lipinski definition) is 2. The van der Waals surface area contributed by atoms with Crippen molar-refractivity contribution in [1.82, 2.24) is 4.57 Å². The molecule has 0 fully saturated rings. The Kier molecular flexibility index (Phi) is 8.42. The van der Waals surface area contributed by atoms with Gasteiger partial charge in [0.05, 0.1) is 6.10 Å². The zero-order valence-corrected chi connectivity index (χ0v) is 24.7. The Labute approximate surface area is 229 Å². The molecule has 4 rings (SSSR count). The molecule has 0 aliphatic carbocycles. The van der Waals surface area contributed by atoms with Crippen molar-refractivity contribution in [3.8, 4) is 5.75 Å². The fraction of sp³-hybridized carbons (Fsp3) is 0.464. The summed E-state index contributed by atoms with van der Waals surface area (Å²) < 4.78 is 14.5. The number of aromatic carboxylic acids is 1. The summed E-state index contributed by atoms with van der Waals surface area (Å²) in [5.41, 5.74) is 3.14. The second kappa shape index (κ2) is 11.2. The molecule has 2 N–H and O–H groups in total. The number of unbranched alkanes of at least 4 members (excludes halogenated alkanes) is 2.